The quantitative estimate of drug-likeness (QED) is 0.533. The average molecular weight is 414 g/mol. The van der Waals surface area contributed by atoms with Crippen LogP contribution >= 0.6 is 0 Å². The van der Waals surface area contributed by atoms with Crippen molar-refractivity contribution in [3.63, 3.8) is 0 Å². The van der Waals surface area contributed by atoms with Crippen molar-refractivity contribution in [2.24, 2.45) is 0 Å². The largest absolute Gasteiger partial charge is 0.460 e. The lowest BCUT2D eigenvalue weighted by atomic mass is 9.92. The van der Waals surface area contributed by atoms with Crippen molar-refractivity contribution in [2.75, 3.05) is 6.61 Å². The van der Waals surface area contributed by atoms with E-state index in [4.69, 9.17) is 0 Å². The Morgan fingerprint density at radius 2 is 0.720 bits per heavy atom. The van der Waals surface area contributed by atoms with E-state index in [0.717, 1.165) is 0 Å². The SMILES string of the molecule is CCOC(F)(C(F)(F)C(F)(F)C(F)(F)F)C(F)(F)C(F)(F)C(F)(F)F. The van der Waals surface area contributed by atoms with Crippen LogP contribution in [0.2, 0.25) is 0 Å². The zero-order valence-corrected chi connectivity index (χ0v) is 11.3. The highest BCUT2D eigenvalue weighted by Gasteiger charge is 2.93. The molecule has 0 amide bonds. The lowest BCUT2D eigenvalue weighted by Crippen LogP contribution is -2.74. The van der Waals surface area contributed by atoms with Crippen LogP contribution in [0.5, 0.6) is 0 Å². The highest BCUT2D eigenvalue weighted by molar-refractivity contribution is 5.12. The molecule has 0 heterocycles. The van der Waals surface area contributed by atoms with Crippen LogP contribution in [0.25, 0.3) is 0 Å². The second-order valence-electron chi connectivity index (χ2n) is 4.32. The van der Waals surface area contributed by atoms with Crippen LogP contribution in [-0.2, 0) is 4.74 Å². The molecule has 0 bridgehead atoms. The summed E-state index contributed by atoms with van der Waals surface area (Å²) in [6, 6.07) is 0. The van der Waals surface area contributed by atoms with Gasteiger partial charge in [-0.1, -0.05) is 0 Å². The molecule has 0 aromatic heterocycles. The fourth-order valence-electron chi connectivity index (χ4n) is 1.34. The fourth-order valence-corrected chi connectivity index (χ4v) is 1.34. The second kappa shape index (κ2) is 5.97. The summed E-state index contributed by atoms with van der Waals surface area (Å²) in [5.41, 5.74) is 0. The van der Waals surface area contributed by atoms with Crippen LogP contribution in [0.4, 0.5) is 65.9 Å². The molecule has 0 N–H and O–H groups in total. The molecule has 0 aliphatic carbocycles. The minimum atomic E-state index is -7.88. The van der Waals surface area contributed by atoms with Gasteiger partial charge in [-0.2, -0.15) is 65.9 Å². The van der Waals surface area contributed by atoms with Gasteiger partial charge < -0.3 is 4.74 Å². The molecule has 0 saturated carbocycles. The molecular formula is C9H5F15O. The molecular weight excluding hydrogens is 409 g/mol. The minimum Gasteiger partial charge on any atom is -0.336 e. The van der Waals surface area contributed by atoms with Gasteiger partial charge in [0.1, 0.15) is 0 Å². The monoisotopic (exact) mass is 414 g/mol. The van der Waals surface area contributed by atoms with Gasteiger partial charge in [0.05, 0.1) is 0 Å². The molecule has 1 nitrogen and oxygen atoms in total. The predicted octanol–water partition coefficient (Wildman–Crippen LogP) is 5.35. The first kappa shape index (κ1) is 23.9. The van der Waals surface area contributed by atoms with Crippen LogP contribution in [0.3, 0.4) is 0 Å². The molecule has 0 unspecified atom stereocenters. The van der Waals surface area contributed by atoms with E-state index in [0.29, 0.717) is 0 Å². The summed E-state index contributed by atoms with van der Waals surface area (Å²) in [4.78, 5) is 0. The molecule has 152 valence electrons. The number of rotatable bonds is 6. The van der Waals surface area contributed by atoms with Crippen molar-refractivity contribution in [1.29, 1.82) is 0 Å². The highest BCUT2D eigenvalue weighted by Crippen LogP contribution is 2.62. The third-order valence-electron chi connectivity index (χ3n) is 2.65. The number of ether oxygens (including phenoxy) is 1. The molecule has 16 heteroatoms. The van der Waals surface area contributed by atoms with Gasteiger partial charge in [0.2, 0.25) is 0 Å². The van der Waals surface area contributed by atoms with Crippen LogP contribution in [0, 0.1) is 0 Å². The predicted molar refractivity (Wildman–Crippen MR) is 47.4 cm³/mol. The van der Waals surface area contributed by atoms with Gasteiger partial charge in [0.15, 0.2) is 0 Å². The van der Waals surface area contributed by atoms with Crippen LogP contribution < -0.4 is 0 Å². The van der Waals surface area contributed by atoms with Gasteiger partial charge in [-0.05, 0) is 6.92 Å². The number of halogens is 15. The summed E-state index contributed by atoms with van der Waals surface area (Å²) in [5, 5.41) is 0. The molecule has 0 radical (unpaired) electrons. The van der Waals surface area contributed by atoms with E-state index in [1.165, 1.54) is 0 Å². The number of hydrogen-bond acceptors (Lipinski definition) is 1. The standard InChI is InChI=1S/C9H5F15O/c1-2-25-7(18,3(10,11)5(14,15)8(19,20)21)4(12,13)6(16,17)9(22,23)24/h2H2,1H3. The van der Waals surface area contributed by atoms with Gasteiger partial charge in [-0.15, -0.1) is 0 Å². The average Bonchev–Trinajstić information content (AvgIpc) is 2.35. The normalized spacial score (nSPS) is 16.3. The lowest BCUT2D eigenvalue weighted by Gasteiger charge is -2.43. The topological polar surface area (TPSA) is 9.23 Å². The van der Waals surface area contributed by atoms with E-state index in [1.807, 2.05) is 0 Å². The zero-order valence-electron chi connectivity index (χ0n) is 11.3. The molecule has 0 aliphatic heterocycles. The fraction of sp³-hybridized carbons (Fsp3) is 1.00. The first-order valence-corrected chi connectivity index (χ1v) is 5.53. The molecule has 0 aromatic carbocycles. The smallest absolute Gasteiger partial charge is 0.336 e. The summed E-state index contributed by atoms with van der Waals surface area (Å²) >= 11 is 0. The first-order valence-electron chi connectivity index (χ1n) is 5.53. The summed E-state index contributed by atoms with van der Waals surface area (Å²) in [7, 11) is 0. The maximum atomic E-state index is 13.7. The van der Waals surface area contributed by atoms with E-state index < -0.39 is 48.5 Å². The van der Waals surface area contributed by atoms with Crippen molar-refractivity contribution in [2.45, 2.75) is 48.8 Å². The highest BCUT2D eigenvalue weighted by atomic mass is 19.4. The molecule has 0 aliphatic rings. The Labute approximate surface area is 127 Å². The van der Waals surface area contributed by atoms with Crippen LogP contribution in [0.1, 0.15) is 6.92 Å². The third kappa shape index (κ3) is 3.09. The summed E-state index contributed by atoms with van der Waals surface area (Å²) in [6.07, 6.45) is -15.0. The maximum Gasteiger partial charge on any atom is 0.460 e. The molecule has 0 aromatic rings. The molecule has 0 rings (SSSR count). The summed E-state index contributed by atoms with van der Waals surface area (Å²) < 4.78 is 191. The van der Waals surface area contributed by atoms with E-state index >= 15 is 0 Å². The van der Waals surface area contributed by atoms with Gasteiger partial charge >= 0.3 is 41.9 Å². The Morgan fingerprint density at radius 3 is 0.880 bits per heavy atom. The van der Waals surface area contributed by atoms with E-state index in [1.54, 1.807) is 0 Å². The first-order chi connectivity index (χ1) is 10.6. The minimum absolute atomic E-state index is 0.179. The van der Waals surface area contributed by atoms with E-state index in [-0.39, 0.29) is 6.92 Å². The third-order valence-corrected chi connectivity index (χ3v) is 2.65. The Morgan fingerprint density at radius 1 is 0.480 bits per heavy atom. The van der Waals surface area contributed by atoms with Gasteiger partial charge in [0.25, 0.3) is 0 Å². The molecule has 25 heavy (non-hydrogen) atoms. The lowest BCUT2D eigenvalue weighted by molar-refractivity contribution is -0.482. The van der Waals surface area contributed by atoms with Gasteiger partial charge in [-0.25, -0.2) is 0 Å². The Hall–Kier alpha value is -1.09. The van der Waals surface area contributed by atoms with Crippen molar-refractivity contribution < 1.29 is 70.6 Å². The van der Waals surface area contributed by atoms with Crippen LogP contribution in [0.15, 0.2) is 0 Å². The summed E-state index contributed by atoms with van der Waals surface area (Å²) in [6.45, 7) is -1.82. The van der Waals surface area contributed by atoms with Crippen LogP contribution in [-0.4, -0.2) is 48.5 Å². The van der Waals surface area contributed by atoms with Crippen molar-refractivity contribution in [1.82, 2.24) is 0 Å². The Kier molecular flexibility index (Phi) is 5.71. The molecule has 0 fully saturated rings. The Bertz CT molecular complexity index is 434. The van der Waals surface area contributed by atoms with Crippen molar-refractivity contribution in [3.8, 4) is 0 Å². The number of hydrogen-bond donors (Lipinski definition) is 0. The number of alkyl halides is 15. The van der Waals surface area contributed by atoms with Gasteiger partial charge in [-0.3, -0.25) is 0 Å². The zero-order chi connectivity index (χ0) is 20.9. The van der Waals surface area contributed by atoms with Crippen molar-refractivity contribution in [3.05, 3.63) is 0 Å². The van der Waals surface area contributed by atoms with Crippen molar-refractivity contribution >= 4 is 0 Å². The maximum absolute atomic E-state index is 13.7. The molecule has 0 atom stereocenters. The molecule has 0 spiro atoms. The summed E-state index contributed by atoms with van der Waals surface area (Å²) in [5.74, 6) is -38.7. The Balaban J connectivity index is 6.71. The van der Waals surface area contributed by atoms with E-state index in [9.17, 15) is 65.9 Å². The second-order valence-corrected chi connectivity index (χ2v) is 4.32. The van der Waals surface area contributed by atoms with Gasteiger partial charge in [0, 0.05) is 6.61 Å². The van der Waals surface area contributed by atoms with E-state index in [2.05, 4.69) is 4.74 Å². The molecule has 0 saturated heterocycles.